The maximum absolute atomic E-state index is 13.4. The van der Waals surface area contributed by atoms with E-state index in [2.05, 4.69) is 10.3 Å². The molecule has 4 amide bonds. The van der Waals surface area contributed by atoms with E-state index in [1.807, 2.05) is 35.2 Å². The van der Waals surface area contributed by atoms with Crippen LogP contribution >= 0.6 is 0 Å². The number of imide groups is 1. The highest BCUT2D eigenvalue weighted by Crippen LogP contribution is 2.37. The molecule has 0 spiro atoms. The van der Waals surface area contributed by atoms with Crippen molar-refractivity contribution in [1.29, 1.82) is 0 Å². The second-order valence-electron chi connectivity index (χ2n) is 12.3. The first kappa shape index (κ1) is 31.0. The molecule has 240 valence electrons. The number of hydrogen-bond acceptors (Lipinski definition) is 9. The molecule has 0 bridgehead atoms. The summed E-state index contributed by atoms with van der Waals surface area (Å²) in [6.45, 7) is 2.61. The molecule has 4 atom stereocenters. The van der Waals surface area contributed by atoms with E-state index in [-0.39, 0.29) is 41.5 Å². The lowest BCUT2D eigenvalue weighted by molar-refractivity contribution is -0.148. The zero-order chi connectivity index (χ0) is 31.3. The van der Waals surface area contributed by atoms with Gasteiger partial charge < -0.3 is 29.7 Å². The fraction of sp³-hybridized carbons (Fsp3) is 0.545. The topological polar surface area (TPSA) is 153 Å². The van der Waals surface area contributed by atoms with Gasteiger partial charge in [0.15, 0.2) is 0 Å². The van der Waals surface area contributed by atoms with Gasteiger partial charge in [0.1, 0.15) is 30.8 Å². The molecule has 4 aliphatic rings. The van der Waals surface area contributed by atoms with Crippen molar-refractivity contribution in [3.05, 3.63) is 53.9 Å². The van der Waals surface area contributed by atoms with Crippen LogP contribution < -0.4 is 20.5 Å². The van der Waals surface area contributed by atoms with Gasteiger partial charge in [0.05, 0.1) is 25.2 Å². The smallest absolute Gasteiger partial charge is 0.245 e. The molecule has 1 unspecified atom stereocenters. The van der Waals surface area contributed by atoms with Crippen molar-refractivity contribution in [2.24, 2.45) is 5.73 Å². The zero-order valence-corrected chi connectivity index (χ0v) is 25.4. The molecule has 0 saturated carbocycles. The van der Waals surface area contributed by atoms with Gasteiger partial charge in [-0.25, -0.2) is 0 Å². The first-order valence-corrected chi connectivity index (χ1v) is 16.0. The second kappa shape index (κ2) is 13.9. The summed E-state index contributed by atoms with van der Waals surface area (Å²) in [7, 11) is 0. The molecule has 4 aliphatic heterocycles. The van der Waals surface area contributed by atoms with Crippen molar-refractivity contribution in [3.63, 3.8) is 0 Å². The van der Waals surface area contributed by atoms with E-state index < -0.39 is 12.1 Å². The molecule has 12 heteroatoms. The predicted octanol–water partition coefficient (Wildman–Crippen LogP) is 1.87. The van der Waals surface area contributed by atoms with Gasteiger partial charge in [0.2, 0.25) is 23.6 Å². The summed E-state index contributed by atoms with van der Waals surface area (Å²) in [5.74, 6) is 0.663. The van der Waals surface area contributed by atoms with Gasteiger partial charge in [-0.05, 0) is 62.3 Å². The van der Waals surface area contributed by atoms with Crippen molar-refractivity contribution in [2.75, 3.05) is 39.5 Å². The number of nitrogens with two attached hydrogens (primary N) is 1. The summed E-state index contributed by atoms with van der Waals surface area (Å²) in [6, 6.07) is 8.38. The third-order valence-electron chi connectivity index (χ3n) is 9.36. The Morgan fingerprint density at radius 3 is 2.49 bits per heavy atom. The number of nitrogens with zero attached hydrogens (tertiary/aromatic N) is 3. The summed E-state index contributed by atoms with van der Waals surface area (Å²) < 4.78 is 17.5. The number of carbonyl (C=O) groups is 4. The Morgan fingerprint density at radius 2 is 1.71 bits per heavy atom. The number of hydrogen-bond donors (Lipinski definition) is 2. The monoisotopic (exact) mass is 619 g/mol. The average molecular weight is 620 g/mol. The lowest BCUT2D eigenvalue weighted by atomic mass is 9.90. The first-order valence-electron chi connectivity index (χ1n) is 16.0. The van der Waals surface area contributed by atoms with Gasteiger partial charge in [0, 0.05) is 49.4 Å². The molecule has 4 saturated heterocycles. The van der Waals surface area contributed by atoms with Gasteiger partial charge in [-0.2, -0.15) is 0 Å². The number of pyridine rings is 1. The number of likely N-dealkylation sites (tertiary alicyclic amines) is 1. The van der Waals surface area contributed by atoms with Crippen molar-refractivity contribution in [2.45, 2.75) is 74.9 Å². The lowest BCUT2D eigenvalue weighted by Crippen LogP contribution is -2.58. The Hall–Kier alpha value is -4.03. The molecule has 2 aromatic rings. The normalized spacial score (nSPS) is 25.3. The molecule has 6 rings (SSSR count). The van der Waals surface area contributed by atoms with E-state index in [0.29, 0.717) is 70.9 Å². The molecular weight excluding hydrogens is 578 g/mol. The van der Waals surface area contributed by atoms with Crippen molar-refractivity contribution in [3.8, 4) is 11.5 Å². The number of nitrogens with one attached hydrogen (secondary N) is 1. The Morgan fingerprint density at radius 1 is 0.933 bits per heavy atom. The van der Waals surface area contributed by atoms with Crippen LogP contribution in [0, 0.1) is 0 Å². The Bertz CT molecular complexity index is 1400. The Balaban J connectivity index is 0.903. The highest BCUT2D eigenvalue weighted by atomic mass is 16.5. The van der Waals surface area contributed by atoms with Gasteiger partial charge in [-0.15, -0.1) is 0 Å². The Labute approximate surface area is 262 Å². The molecule has 1 aromatic carbocycles. The number of piperidine rings is 1. The maximum Gasteiger partial charge on any atom is 0.245 e. The van der Waals surface area contributed by atoms with Gasteiger partial charge in [0.25, 0.3) is 0 Å². The summed E-state index contributed by atoms with van der Waals surface area (Å²) in [4.78, 5) is 57.6. The van der Waals surface area contributed by atoms with Crippen molar-refractivity contribution < 1.29 is 33.4 Å². The van der Waals surface area contributed by atoms with E-state index >= 15 is 0 Å². The van der Waals surface area contributed by atoms with Crippen LogP contribution in [-0.4, -0.2) is 96.1 Å². The van der Waals surface area contributed by atoms with E-state index in [9.17, 15) is 19.2 Å². The second-order valence-corrected chi connectivity index (χ2v) is 12.3. The number of benzene rings is 1. The molecule has 12 nitrogen and oxygen atoms in total. The zero-order valence-electron chi connectivity index (χ0n) is 25.4. The number of ether oxygens (including phenoxy) is 3. The third kappa shape index (κ3) is 6.96. The first-order chi connectivity index (χ1) is 21.9. The Kier molecular flexibility index (Phi) is 9.60. The van der Waals surface area contributed by atoms with Crippen LogP contribution in [-0.2, 0) is 23.9 Å². The highest BCUT2D eigenvalue weighted by molar-refractivity contribution is 6.00. The van der Waals surface area contributed by atoms with E-state index in [1.165, 1.54) is 0 Å². The summed E-state index contributed by atoms with van der Waals surface area (Å²) in [5, 5.41) is 2.39. The third-order valence-corrected chi connectivity index (χ3v) is 9.36. The van der Waals surface area contributed by atoms with Crippen LogP contribution in [0.15, 0.2) is 42.7 Å². The summed E-state index contributed by atoms with van der Waals surface area (Å²) >= 11 is 0. The van der Waals surface area contributed by atoms with Crippen LogP contribution in [0.3, 0.4) is 0 Å². The molecular formula is C33H41N5O7. The molecule has 0 radical (unpaired) electrons. The van der Waals surface area contributed by atoms with E-state index in [4.69, 9.17) is 19.9 Å². The number of amides is 4. The standard InChI is InChI=1S/C33H41N5O7/c34-27-3-1-2-23-6-10-28(38(23)32(27)41)33(42)37-19-22(20-37)26-18-35-13-12-29(26)45-17-15-43-14-16-44-24-7-4-21(5-8-24)25-9-11-30(39)36-31(25)40/h4-5,7-8,12-13,18,22-23,25,27-28H,1-3,6,9-11,14-17,19-20,34H2,(H,36,39,40)/t23-,25?,27-,28-/m0/s1. The quantitative estimate of drug-likeness (QED) is 0.284. The molecule has 0 aliphatic carbocycles. The van der Waals surface area contributed by atoms with Crippen molar-refractivity contribution in [1.82, 2.24) is 20.1 Å². The van der Waals surface area contributed by atoms with Crippen LogP contribution in [0.4, 0.5) is 0 Å². The van der Waals surface area contributed by atoms with Crippen LogP contribution in [0.5, 0.6) is 11.5 Å². The minimum Gasteiger partial charge on any atom is -0.491 e. The number of carbonyl (C=O) groups excluding carboxylic acids is 4. The van der Waals surface area contributed by atoms with Crippen molar-refractivity contribution >= 4 is 23.6 Å². The molecule has 1 aromatic heterocycles. The SMILES string of the molecule is N[C@H]1CCC[C@H]2CC[C@@H](C(=O)N3CC(c4cnccc4OCCOCCOc4ccc(C5CCC(=O)NC5=O)cc4)C3)N2C1=O. The predicted molar refractivity (Wildman–Crippen MR) is 162 cm³/mol. The van der Waals surface area contributed by atoms with Crippen LogP contribution in [0.25, 0.3) is 0 Å². The summed E-state index contributed by atoms with van der Waals surface area (Å²) in [6.07, 6.45) is 8.43. The number of rotatable bonds is 11. The van der Waals surface area contributed by atoms with Gasteiger partial charge in [-0.1, -0.05) is 12.1 Å². The number of fused-ring (bicyclic) bond motifs is 1. The largest absolute Gasteiger partial charge is 0.491 e. The minimum absolute atomic E-state index is 0.0171. The fourth-order valence-corrected chi connectivity index (χ4v) is 6.87. The van der Waals surface area contributed by atoms with Gasteiger partial charge in [-0.3, -0.25) is 29.5 Å². The lowest BCUT2D eigenvalue weighted by Gasteiger charge is -2.42. The van der Waals surface area contributed by atoms with E-state index in [1.54, 1.807) is 17.3 Å². The van der Waals surface area contributed by atoms with Gasteiger partial charge >= 0.3 is 0 Å². The molecule has 5 heterocycles. The van der Waals surface area contributed by atoms with Crippen LogP contribution in [0.1, 0.15) is 67.9 Å². The minimum atomic E-state index is -0.509. The number of aromatic nitrogens is 1. The molecule has 3 N–H and O–H groups in total. The molecule has 45 heavy (non-hydrogen) atoms. The average Bonchev–Trinajstić information content (AvgIpc) is 3.38. The molecule has 4 fully saturated rings. The van der Waals surface area contributed by atoms with E-state index in [0.717, 1.165) is 36.1 Å². The maximum atomic E-state index is 13.4. The summed E-state index contributed by atoms with van der Waals surface area (Å²) in [5.41, 5.74) is 7.92. The van der Waals surface area contributed by atoms with Crippen LogP contribution in [0.2, 0.25) is 0 Å². The highest BCUT2D eigenvalue weighted by Gasteiger charge is 2.47. The fourth-order valence-electron chi connectivity index (χ4n) is 6.87.